The van der Waals surface area contributed by atoms with Crippen molar-refractivity contribution in [3.63, 3.8) is 0 Å². The molecule has 0 bridgehead atoms. The molecule has 2 aromatic heterocycles. The Morgan fingerprint density at radius 3 is 1.30 bits per heavy atom. The molecule has 0 fully saturated rings. The van der Waals surface area contributed by atoms with Crippen LogP contribution in [0.25, 0.3) is 45.1 Å². The molecule has 0 unspecified atom stereocenters. The Labute approximate surface area is 252 Å². The van der Waals surface area contributed by atoms with Gasteiger partial charge in [0, 0.05) is 33.6 Å². The van der Waals surface area contributed by atoms with E-state index in [2.05, 4.69) is 20.6 Å². The van der Waals surface area contributed by atoms with Gasteiger partial charge in [0.15, 0.2) is 11.2 Å². The summed E-state index contributed by atoms with van der Waals surface area (Å²) >= 11 is 0. The number of aromatic nitrogens is 2. The lowest BCUT2D eigenvalue weighted by Gasteiger charge is -2.08. The topological polar surface area (TPSA) is 110 Å². The SMILES string of the molecule is Cc1ccc2nc(-c3ccc(NC(=O)c4ccc(C(=O)Nc5ccc(-c6nc7ccc(C)cc7o6)cc5)cc4)cc3)oc2c1. The maximum atomic E-state index is 12.9. The third-order valence-electron chi connectivity index (χ3n) is 7.28. The van der Waals surface area contributed by atoms with Crippen molar-refractivity contribution in [3.8, 4) is 22.9 Å². The van der Waals surface area contributed by atoms with Crippen LogP contribution in [-0.4, -0.2) is 21.8 Å². The summed E-state index contributed by atoms with van der Waals surface area (Å²) in [5.74, 6) is 0.470. The molecule has 2 N–H and O–H groups in total. The number of carbonyl (C=O) groups is 2. The maximum absolute atomic E-state index is 12.9. The Hall–Kier alpha value is -6.02. The predicted molar refractivity (Wildman–Crippen MR) is 171 cm³/mol. The fourth-order valence-corrected chi connectivity index (χ4v) is 4.88. The van der Waals surface area contributed by atoms with Crippen LogP contribution >= 0.6 is 0 Å². The van der Waals surface area contributed by atoms with Crippen LogP contribution in [0.3, 0.4) is 0 Å². The van der Waals surface area contributed by atoms with Gasteiger partial charge in [-0.25, -0.2) is 9.97 Å². The monoisotopic (exact) mass is 578 g/mol. The highest BCUT2D eigenvalue weighted by molar-refractivity contribution is 6.07. The molecule has 0 atom stereocenters. The average molecular weight is 579 g/mol. The van der Waals surface area contributed by atoms with Gasteiger partial charge >= 0.3 is 0 Å². The van der Waals surface area contributed by atoms with Crippen molar-refractivity contribution in [2.24, 2.45) is 0 Å². The van der Waals surface area contributed by atoms with Crippen molar-refractivity contribution in [2.75, 3.05) is 10.6 Å². The second-order valence-corrected chi connectivity index (χ2v) is 10.6. The number of nitrogens with zero attached hydrogens (tertiary/aromatic N) is 2. The van der Waals surface area contributed by atoms with Crippen LogP contribution in [0.5, 0.6) is 0 Å². The quantitative estimate of drug-likeness (QED) is 0.205. The number of oxazole rings is 2. The van der Waals surface area contributed by atoms with E-state index < -0.39 is 0 Å². The van der Waals surface area contributed by atoms with Crippen LogP contribution < -0.4 is 10.6 Å². The number of carbonyl (C=O) groups excluding carboxylic acids is 2. The minimum atomic E-state index is -0.285. The van der Waals surface area contributed by atoms with Gasteiger partial charge in [0.1, 0.15) is 11.0 Å². The Bertz CT molecular complexity index is 2000. The number of amides is 2. The lowest BCUT2D eigenvalue weighted by Crippen LogP contribution is -2.14. The minimum absolute atomic E-state index is 0.285. The van der Waals surface area contributed by atoms with E-state index in [0.29, 0.717) is 34.3 Å². The standard InChI is InChI=1S/C36H26N4O4/c1-21-3-17-29-31(19-21)43-35(39-29)25-9-13-27(14-10-25)37-33(41)23-5-7-24(8-6-23)34(42)38-28-15-11-26(12-16-28)36-40-30-18-4-22(2)20-32(30)44-36/h3-20H,1-2H3,(H,37,41)(H,38,42). The molecule has 0 radical (unpaired) electrons. The smallest absolute Gasteiger partial charge is 0.255 e. The maximum Gasteiger partial charge on any atom is 0.255 e. The summed E-state index contributed by atoms with van der Waals surface area (Å²) in [5, 5.41) is 5.77. The van der Waals surface area contributed by atoms with Crippen molar-refractivity contribution in [2.45, 2.75) is 13.8 Å². The fourth-order valence-electron chi connectivity index (χ4n) is 4.88. The molecule has 7 aromatic rings. The molecule has 2 amide bonds. The van der Waals surface area contributed by atoms with Crippen LogP contribution in [0.2, 0.25) is 0 Å². The first kappa shape index (κ1) is 26.9. The van der Waals surface area contributed by atoms with Gasteiger partial charge in [0.05, 0.1) is 0 Å². The number of nitrogens with one attached hydrogen (secondary N) is 2. The molecule has 0 aliphatic heterocycles. The summed E-state index contributed by atoms with van der Waals surface area (Å²) < 4.78 is 11.8. The fraction of sp³-hybridized carbons (Fsp3) is 0.0556. The Morgan fingerprint density at radius 2 is 0.909 bits per heavy atom. The number of rotatable bonds is 6. The summed E-state index contributed by atoms with van der Waals surface area (Å²) in [6.07, 6.45) is 0. The Kier molecular flexibility index (Phi) is 6.71. The van der Waals surface area contributed by atoms with E-state index in [1.165, 1.54) is 0 Å². The second kappa shape index (κ2) is 11.0. The van der Waals surface area contributed by atoms with Gasteiger partial charge < -0.3 is 19.5 Å². The van der Waals surface area contributed by atoms with E-state index in [-0.39, 0.29) is 11.8 Å². The largest absolute Gasteiger partial charge is 0.436 e. The number of hydrogen-bond donors (Lipinski definition) is 2. The highest BCUT2D eigenvalue weighted by Crippen LogP contribution is 2.27. The second-order valence-electron chi connectivity index (χ2n) is 10.6. The molecule has 8 heteroatoms. The highest BCUT2D eigenvalue weighted by Gasteiger charge is 2.13. The lowest BCUT2D eigenvalue weighted by atomic mass is 10.1. The van der Waals surface area contributed by atoms with E-state index in [4.69, 9.17) is 8.83 Å². The van der Waals surface area contributed by atoms with Crippen LogP contribution in [0.1, 0.15) is 31.8 Å². The molecule has 0 saturated heterocycles. The molecule has 7 rings (SSSR count). The third kappa shape index (κ3) is 5.44. The van der Waals surface area contributed by atoms with Crippen molar-refractivity contribution in [3.05, 3.63) is 131 Å². The van der Waals surface area contributed by atoms with Crippen molar-refractivity contribution >= 4 is 45.4 Å². The summed E-state index contributed by atoms with van der Waals surface area (Å²) in [6, 6.07) is 32.8. The summed E-state index contributed by atoms with van der Waals surface area (Å²) in [7, 11) is 0. The predicted octanol–water partition coefficient (Wildman–Crippen LogP) is 8.42. The van der Waals surface area contributed by atoms with E-state index in [1.54, 1.807) is 48.5 Å². The molecule has 44 heavy (non-hydrogen) atoms. The highest BCUT2D eigenvalue weighted by atomic mass is 16.4. The third-order valence-corrected chi connectivity index (χ3v) is 7.28. The van der Waals surface area contributed by atoms with Gasteiger partial charge in [-0.05, 0) is 122 Å². The molecule has 0 saturated carbocycles. The Balaban J connectivity index is 0.971. The van der Waals surface area contributed by atoms with Crippen molar-refractivity contribution in [1.82, 2.24) is 9.97 Å². The van der Waals surface area contributed by atoms with Crippen LogP contribution in [0, 0.1) is 13.8 Å². The first-order chi connectivity index (χ1) is 21.4. The van der Waals surface area contributed by atoms with E-state index in [9.17, 15) is 9.59 Å². The van der Waals surface area contributed by atoms with Gasteiger partial charge in [0.25, 0.3) is 11.8 Å². The van der Waals surface area contributed by atoms with Crippen molar-refractivity contribution < 1.29 is 18.4 Å². The summed E-state index contributed by atoms with van der Waals surface area (Å²) in [6.45, 7) is 4.01. The number of hydrogen-bond acceptors (Lipinski definition) is 6. The first-order valence-corrected chi connectivity index (χ1v) is 14.1. The molecule has 5 aromatic carbocycles. The van der Waals surface area contributed by atoms with E-state index in [1.807, 2.05) is 74.5 Å². The zero-order valence-corrected chi connectivity index (χ0v) is 23.9. The summed E-state index contributed by atoms with van der Waals surface area (Å²) in [5.41, 5.74) is 9.00. The average Bonchev–Trinajstić information content (AvgIpc) is 3.65. The molecule has 0 aliphatic carbocycles. The number of aryl methyl sites for hydroxylation is 2. The zero-order valence-electron chi connectivity index (χ0n) is 23.9. The minimum Gasteiger partial charge on any atom is -0.436 e. The van der Waals surface area contributed by atoms with Gasteiger partial charge in [-0.1, -0.05) is 12.1 Å². The van der Waals surface area contributed by atoms with Gasteiger partial charge in [-0.3, -0.25) is 9.59 Å². The molecule has 214 valence electrons. The molecular weight excluding hydrogens is 552 g/mol. The van der Waals surface area contributed by atoms with E-state index >= 15 is 0 Å². The van der Waals surface area contributed by atoms with E-state index in [0.717, 1.165) is 44.5 Å². The Morgan fingerprint density at radius 1 is 0.523 bits per heavy atom. The zero-order chi connectivity index (χ0) is 30.2. The molecular formula is C36H26N4O4. The summed E-state index contributed by atoms with van der Waals surface area (Å²) in [4.78, 5) is 34.8. The number of benzene rings is 5. The van der Waals surface area contributed by atoms with Gasteiger partial charge in [0.2, 0.25) is 11.8 Å². The van der Waals surface area contributed by atoms with Crippen molar-refractivity contribution in [1.29, 1.82) is 0 Å². The van der Waals surface area contributed by atoms with Crippen LogP contribution in [0.15, 0.2) is 118 Å². The van der Waals surface area contributed by atoms with Crippen LogP contribution in [-0.2, 0) is 0 Å². The molecule has 8 nitrogen and oxygen atoms in total. The molecule has 2 heterocycles. The first-order valence-electron chi connectivity index (χ1n) is 14.1. The molecule has 0 aliphatic rings. The molecule has 0 spiro atoms. The normalized spacial score (nSPS) is 11.1. The van der Waals surface area contributed by atoms with Gasteiger partial charge in [-0.15, -0.1) is 0 Å². The number of anilines is 2. The number of fused-ring (bicyclic) bond motifs is 2. The lowest BCUT2D eigenvalue weighted by molar-refractivity contribution is 0.101. The van der Waals surface area contributed by atoms with Crippen LogP contribution in [0.4, 0.5) is 11.4 Å². The van der Waals surface area contributed by atoms with Gasteiger partial charge in [-0.2, -0.15) is 0 Å².